The number of piperidine rings is 1. The zero-order chi connectivity index (χ0) is 9.97. The zero-order valence-electron chi connectivity index (χ0n) is 9.84. The van der Waals surface area contributed by atoms with Crippen molar-refractivity contribution >= 4 is 0 Å². The number of hydrogen-bond acceptors (Lipinski definition) is 1. The minimum absolute atomic E-state index is 0.948. The van der Waals surface area contributed by atoms with Crippen molar-refractivity contribution in [3.63, 3.8) is 0 Å². The van der Waals surface area contributed by atoms with Crippen molar-refractivity contribution in [1.29, 1.82) is 0 Å². The Morgan fingerprint density at radius 3 is 2.50 bits per heavy atom. The van der Waals surface area contributed by atoms with E-state index in [0.29, 0.717) is 0 Å². The number of rotatable bonds is 3. The van der Waals surface area contributed by atoms with Gasteiger partial charge < -0.3 is 4.90 Å². The fourth-order valence-corrected chi connectivity index (χ4v) is 3.11. The minimum atomic E-state index is 0.948. The van der Waals surface area contributed by atoms with Crippen molar-refractivity contribution in [2.45, 2.75) is 58.4 Å². The van der Waals surface area contributed by atoms with Gasteiger partial charge in [0, 0.05) is 12.6 Å². The average molecular weight is 195 g/mol. The zero-order valence-corrected chi connectivity index (χ0v) is 9.84. The molecule has 0 radical (unpaired) electrons. The Morgan fingerprint density at radius 1 is 1.21 bits per heavy atom. The summed E-state index contributed by atoms with van der Waals surface area (Å²) < 4.78 is 0. The molecule has 0 amide bonds. The van der Waals surface area contributed by atoms with Crippen LogP contribution in [0.15, 0.2) is 0 Å². The highest BCUT2D eigenvalue weighted by molar-refractivity contribution is 4.86. The number of nitrogens with zero attached hydrogens (tertiary/aromatic N) is 1. The normalized spacial score (nSPS) is 35.6. The molecule has 0 N–H and O–H groups in total. The van der Waals surface area contributed by atoms with Crippen LogP contribution in [0, 0.1) is 11.8 Å². The van der Waals surface area contributed by atoms with Crippen LogP contribution in [-0.2, 0) is 0 Å². The molecule has 1 aliphatic carbocycles. The second kappa shape index (κ2) is 4.65. The van der Waals surface area contributed by atoms with Crippen molar-refractivity contribution in [3.05, 3.63) is 0 Å². The molecule has 2 rings (SSSR count). The maximum atomic E-state index is 2.76. The van der Waals surface area contributed by atoms with Gasteiger partial charge in [-0.25, -0.2) is 0 Å². The van der Waals surface area contributed by atoms with E-state index in [2.05, 4.69) is 18.7 Å². The Bertz CT molecular complexity index is 174. The van der Waals surface area contributed by atoms with E-state index in [1.54, 1.807) is 0 Å². The molecule has 0 aromatic carbocycles. The first kappa shape index (κ1) is 10.5. The molecule has 2 atom stereocenters. The third kappa shape index (κ3) is 2.13. The summed E-state index contributed by atoms with van der Waals surface area (Å²) in [5, 5.41) is 0. The van der Waals surface area contributed by atoms with E-state index in [9.17, 15) is 0 Å². The molecule has 0 bridgehead atoms. The Kier molecular flexibility index (Phi) is 3.48. The van der Waals surface area contributed by atoms with E-state index in [1.165, 1.54) is 51.6 Å². The van der Waals surface area contributed by atoms with E-state index < -0.39 is 0 Å². The number of hydrogen-bond donors (Lipinski definition) is 0. The second-order valence-corrected chi connectivity index (χ2v) is 5.39. The molecule has 0 aromatic rings. The molecule has 2 aliphatic rings. The van der Waals surface area contributed by atoms with E-state index in [0.717, 1.165) is 17.9 Å². The summed E-state index contributed by atoms with van der Waals surface area (Å²) in [6.07, 6.45) is 8.73. The van der Waals surface area contributed by atoms with Crippen molar-refractivity contribution in [3.8, 4) is 0 Å². The van der Waals surface area contributed by atoms with E-state index >= 15 is 0 Å². The van der Waals surface area contributed by atoms with Gasteiger partial charge in [0.15, 0.2) is 0 Å². The molecular formula is C13H25N. The fourth-order valence-electron chi connectivity index (χ4n) is 3.11. The fraction of sp³-hybridized carbons (Fsp3) is 1.00. The van der Waals surface area contributed by atoms with E-state index in [1.807, 2.05) is 0 Å². The first-order chi connectivity index (χ1) is 6.81. The van der Waals surface area contributed by atoms with Gasteiger partial charge in [-0.1, -0.05) is 33.1 Å². The van der Waals surface area contributed by atoms with Crippen LogP contribution in [0.5, 0.6) is 0 Å². The Labute approximate surface area is 88.9 Å². The molecule has 1 heteroatoms. The van der Waals surface area contributed by atoms with Crippen LogP contribution in [0.1, 0.15) is 52.4 Å². The predicted octanol–water partition coefficient (Wildman–Crippen LogP) is 3.30. The lowest BCUT2D eigenvalue weighted by molar-refractivity contribution is 0.0505. The van der Waals surface area contributed by atoms with Crippen molar-refractivity contribution in [2.24, 2.45) is 11.8 Å². The maximum Gasteiger partial charge on any atom is 0.00953 e. The van der Waals surface area contributed by atoms with Crippen LogP contribution in [-0.4, -0.2) is 24.0 Å². The molecule has 1 saturated carbocycles. The third-order valence-electron chi connectivity index (χ3n) is 4.36. The standard InChI is InChI=1S/C13H25N/c1-3-5-12-8-9-14(10-11(12)2)13-6-4-7-13/h11-13H,3-10H2,1-2H3/t11-,12+/m0/s1. The summed E-state index contributed by atoms with van der Waals surface area (Å²) >= 11 is 0. The molecule has 14 heavy (non-hydrogen) atoms. The lowest BCUT2D eigenvalue weighted by Gasteiger charge is -2.44. The molecular weight excluding hydrogens is 170 g/mol. The summed E-state index contributed by atoms with van der Waals surface area (Å²) in [6.45, 7) is 7.56. The van der Waals surface area contributed by atoms with Crippen LogP contribution in [0.25, 0.3) is 0 Å². The molecule has 2 fully saturated rings. The Morgan fingerprint density at radius 2 is 2.00 bits per heavy atom. The molecule has 0 spiro atoms. The number of likely N-dealkylation sites (tertiary alicyclic amines) is 1. The van der Waals surface area contributed by atoms with Gasteiger partial charge >= 0.3 is 0 Å². The topological polar surface area (TPSA) is 3.24 Å². The molecule has 1 nitrogen and oxygen atoms in total. The quantitative estimate of drug-likeness (QED) is 0.668. The summed E-state index contributed by atoms with van der Waals surface area (Å²) in [4.78, 5) is 2.76. The van der Waals surface area contributed by atoms with Gasteiger partial charge in [-0.05, 0) is 37.6 Å². The van der Waals surface area contributed by atoms with Crippen LogP contribution < -0.4 is 0 Å². The molecule has 1 saturated heterocycles. The SMILES string of the molecule is CCC[C@@H]1CCN(C2CCC2)C[C@@H]1C. The highest BCUT2D eigenvalue weighted by Crippen LogP contribution is 2.33. The molecule has 0 aromatic heterocycles. The van der Waals surface area contributed by atoms with E-state index in [-0.39, 0.29) is 0 Å². The van der Waals surface area contributed by atoms with Gasteiger partial charge in [0.25, 0.3) is 0 Å². The van der Waals surface area contributed by atoms with E-state index in [4.69, 9.17) is 0 Å². The molecule has 0 unspecified atom stereocenters. The van der Waals surface area contributed by atoms with Gasteiger partial charge in [0.1, 0.15) is 0 Å². The van der Waals surface area contributed by atoms with Crippen molar-refractivity contribution < 1.29 is 0 Å². The Balaban J connectivity index is 1.79. The van der Waals surface area contributed by atoms with Crippen molar-refractivity contribution in [2.75, 3.05) is 13.1 Å². The summed E-state index contributed by atoms with van der Waals surface area (Å²) in [5.74, 6) is 1.97. The van der Waals surface area contributed by atoms with Crippen LogP contribution >= 0.6 is 0 Å². The minimum Gasteiger partial charge on any atom is -0.300 e. The van der Waals surface area contributed by atoms with Gasteiger partial charge in [0.2, 0.25) is 0 Å². The van der Waals surface area contributed by atoms with Crippen LogP contribution in [0.4, 0.5) is 0 Å². The largest absolute Gasteiger partial charge is 0.300 e. The molecule has 82 valence electrons. The molecule has 1 heterocycles. The monoisotopic (exact) mass is 195 g/mol. The van der Waals surface area contributed by atoms with Crippen LogP contribution in [0.3, 0.4) is 0 Å². The Hall–Kier alpha value is -0.0400. The van der Waals surface area contributed by atoms with Crippen LogP contribution in [0.2, 0.25) is 0 Å². The summed E-state index contributed by atoms with van der Waals surface area (Å²) in [6, 6.07) is 0.972. The predicted molar refractivity (Wildman–Crippen MR) is 61.4 cm³/mol. The highest BCUT2D eigenvalue weighted by atomic mass is 15.2. The summed E-state index contributed by atoms with van der Waals surface area (Å²) in [7, 11) is 0. The second-order valence-electron chi connectivity index (χ2n) is 5.39. The maximum absolute atomic E-state index is 2.76. The highest BCUT2D eigenvalue weighted by Gasteiger charge is 2.31. The third-order valence-corrected chi connectivity index (χ3v) is 4.36. The average Bonchev–Trinajstić information content (AvgIpc) is 2.07. The lowest BCUT2D eigenvalue weighted by Crippen LogP contribution is -2.47. The summed E-state index contributed by atoms with van der Waals surface area (Å²) in [5.41, 5.74) is 0. The first-order valence-corrected chi connectivity index (χ1v) is 6.55. The van der Waals surface area contributed by atoms with Gasteiger partial charge in [0.05, 0.1) is 0 Å². The van der Waals surface area contributed by atoms with Gasteiger partial charge in [-0.2, -0.15) is 0 Å². The molecule has 1 aliphatic heterocycles. The first-order valence-electron chi connectivity index (χ1n) is 6.55. The lowest BCUT2D eigenvalue weighted by atomic mass is 9.81. The smallest absolute Gasteiger partial charge is 0.00953 e. The van der Waals surface area contributed by atoms with Crippen molar-refractivity contribution in [1.82, 2.24) is 4.90 Å². The van der Waals surface area contributed by atoms with Gasteiger partial charge in [-0.3, -0.25) is 0 Å². The van der Waals surface area contributed by atoms with Gasteiger partial charge in [-0.15, -0.1) is 0 Å².